The lowest BCUT2D eigenvalue weighted by Gasteiger charge is -2.18. The first-order chi connectivity index (χ1) is 12.3. The Morgan fingerprint density at radius 1 is 1.24 bits per heavy atom. The minimum Gasteiger partial charge on any atom is -0.370 e. The van der Waals surface area contributed by atoms with Crippen molar-refractivity contribution in [3.8, 4) is 6.07 Å². The number of hydrogen-bond donors (Lipinski definition) is 1. The van der Waals surface area contributed by atoms with Crippen LogP contribution in [0.4, 0.5) is 10.7 Å². The van der Waals surface area contributed by atoms with Gasteiger partial charge in [0.15, 0.2) is 0 Å². The summed E-state index contributed by atoms with van der Waals surface area (Å²) in [6, 6.07) is 10.7. The monoisotopic (exact) mass is 351 g/mol. The summed E-state index contributed by atoms with van der Waals surface area (Å²) in [5.74, 6) is -0.000483. The van der Waals surface area contributed by atoms with E-state index in [1.54, 1.807) is 11.3 Å². The number of nitrogens with one attached hydrogen (secondary N) is 1. The highest BCUT2D eigenvalue weighted by molar-refractivity contribution is 7.16. The van der Waals surface area contributed by atoms with Crippen LogP contribution in [0, 0.1) is 11.3 Å². The SMILES string of the molecule is N#Cc1c(NC(=O)CCN2CCc3ccccc32)sc2c1CCCC2. The number of para-hydroxylation sites is 1. The fourth-order valence-electron chi connectivity index (χ4n) is 3.84. The van der Waals surface area contributed by atoms with E-state index in [4.69, 9.17) is 0 Å². The van der Waals surface area contributed by atoms with Crippen LogP contribution >= 0.6 is 11.3 Å². The number of thiophene rings is 1. The van der Waals surface area contributed by atoms with Crippen molar-refractivity contribution < 1.29 is 4.79 Å². The highest BCUT2D eigenvalue weighted by Gasteiger charge is 2.23. The van der Waals surface area contributed by atoms with Gasteiger partial charge >= 0.3 is 0 Å². The fraction of sp³-hybridized carbons (Fsp3) is 0.400. The Labute approximate surface area is 152 Å². The molecular weight excluding hydrogens is 330 g/mol. The van der Waals surface area contributed by atoms with Crippen LogP contribution in [0.2, 0.25) is 0 Å². The summed E-state index contributed by atoms with van der Waals surface area (Å²) in [7, 11) is 0. The number of rotatable bonds is 4. The molecule has 1 amide bonds. The molecule has 2 heterocycles. The van der Waals surface area contributed by atoms with E-state index >= 15 is 0 Å². The van der Waals surface area contributed by atoms with Crippen LogP contribution in [0.25, 0.3) is 0 Å². The molecule has 0 fully saturated rings. The molecule has 4 nitrogen and oxygen atoms in total. The summed E-state index contributed by atoms with van der Waals surface area (Å²) in [5, 5.41) is 13.2. The zero-order valence-electron chi connectivity index (χ0n) is 14.2. The summed E-state index contributed by atoms with van der Waals surface area (Å²) in [6.45, 7) is 1.69. The molecule has 5 heteroatoms. The van der Waals surface area contributed by atoms with Crippen LogP contribution in [0.1, 0.15) is 40.8 Å². The molecule has 1 aromatic carbocycles. The molecule has 4 rings (SSSR count). The second-order valence-electron chi connectivity index (χ2n) is 6.69. The number of nitriles is 1. The van der Waals surface area contributed by atoms with Crippen molar-refractivity contribution >= 4 is 27.9 Å². The summed E-state index contributed by atoms with van der Waals surface area (Å²) >= 11 is 1.59. The van der Waals surface area contributed by atoms with Crippen LogP contribution in [0.15, 0.2) is 24.3 Å². The van der Waals surface area contributed by atoms with Gasteiger partial charge in [-0.05, 0) is 49.3 Å². The van der Waals surface area contributed by atoms with Gasteiger partial charge in [-0.2, -0.15) is 5.26 Å². The Bertz CT molecular complexity index is 849. The molecule has 0 unspecified atom stereocenters. The molecule has 2 aromatic rings. The van der Waals surface area contributed by atoms with Crippen molar-refractivity contribution in [2.45, 2.75) is 38.5 Å². The third kappa shape index (κ3) is 3.14. The van der Waals surface area contributed by atoms with Gasteiger partial charge in [-0.1, -0.05) is 18.2 Å². The van der Waals surface area contributed by atoms with Gasteiger partial charge in [0.1, 0.15) is 11.1 Å². The number of fused-ring (bicyclic) bond motifs is 2. The van der Waals surface area contributed by atoms with E-state index in [1.807, 2.05) is 6.07 Å². The van der Waals surface area contributed by atoms with Crippen molar-refractivity contribution in [2.24, 2.45) is 0 Å². The molecule has 1 aliphatic heterocycles. The molecule has 25 heavy (non-hydrogen) atoms. The molecule has 2 aliphatic rings. The van der Waals surface area contributed by atoms with Crippen LogP contribution in [0.3, 0.4) is 0 Å². The van der Waals surface area contributed by atoms with E-state index < -0.39 is 0 Å². The number of benzene rings is 1. The fourth-order valence-corrected chi connectivity index (χ4v) is 5.09. The number of nitrogens with zero attached hydrogens (tertiary/aromatic N) is 2. The third-order valence-corrected chi connectivity index (χ3v) is 6.34. The molecular formula is C20H21N3OS. The molecule has 0 bridgehead atoms. The Balaban J connectivity index is 1.40. The van der Waals surface area contributed by atoms with Gasteiger partial charge in [-0.15, -0.1) is 11.3 Å². The van der Waals surface area contributed by atoms with Crippen molar-refractivity contribution in [1.82, 2.24) is 0 Å². The van der Waals surface area contributed by atoms with Crippen molar-refractivity contribution in [2.75, 3.05) is 23.3 Å². The Kier molecular flexibility index (Phi) is 4.46. The lowest BCUT2D eigenvalue weighted by molar-refractivity contribution is -0.116. The van der Waals surface area contributed by atoms with E-state index in [9.17, 15) is 10.1 Å². The lowest BCUT2D eigenvalue weighted by Crippen LogP contribution is -2.26. The normalized spacial score (nSPS) is 15.4. The smallest absolute Gasteiger partial charge is 0.226 e. The first kappa shape index (κ1) is 16.2. The maximum Gasteiger partial charge on any atom is 0.226 e. The van der Waals surface area contributed by atoms with Crippen LogP contribution in [-0.4, -0.2) is 19.0 Å². The number of carbonyl (C=O) groups excluding carboxylic acids is 1. The summed E-state index contributed by atoms with van der Waals surface area (Å²) < 4.78 is 0. The topological polar surface area (TPSA) is 56.1 Å². The average Bonchev–Trinajstić information content (AvgIpc) is 3.20. The summed E-state index contributed by atoms with van der Waals surface area (Å²) in [5.41, 5.74) is 4.47. The van der Waals surface area contributed by atoms with Crippen molar-refractivity contribution in [3.63, 3.8) is 0 Å². The molecule has 1 aliphatic carbocycles. The molecule has 128 valence electrons. The molecule has 0 saturated carbocycles. The third-order valence-electron chi connectivity index (χ3n) is 5.13. The van der Waals surface area contributed by atoms with Crippen LogP contribution in [0.5, 0.6) is 0 Å². The highest BCUT2D eigenvalue weighted by Crippen LogP contribution is 2.37. The molecule has 0 saturated heterocycles. The Morgan fingerprint density at radius 3 is 2.96 bits per heavy atom. The Morgan fingerprint density at radius 2 is 2.08 bits per heavy atom. The number of amides is 1. The maximum atomic E-state index is 12.4. The van der Waals surface area contributed by atoms with Crippen LogP contribution < -0.4 is 10.2 Å². The highest BCUT2D eigenvalue weighted by atomic mass is 32.1. The van der Waals surface area contributed by atoms with Gasteiger partial charge in [0.05, 0.1) is 5.56 Å². The molecule has 1 aromatic heterocycles. The van der Waals surface area contributed by atoms with E-state index in [0.29, 0.717) is 12.0 Å². The molecule has 0 radical (unpaired) electrons. The predicted octanol–water partition coefficient (Wildman–Crippen LogP) is 3.89. The van der Waals surface area contributed by atoms with Gasteiger partial charge in [-0.3, -0.25) is 4.79 Å². The van der Waals surface area contributed by atoms with Gasteiger partial charge < -0.3 is 10.2 Å². The molecule has 0 atom stereocenters. The largest absolute Gasteiger partial charge is 0.370 e. The second kappa shape index (κ2) is 6.89. The Hall–Kier alpha value is -2.32. The number of aryl methyl sites for hydroxylation is 1. The quantitative estimate of drug-likeness (QED) is 0.909. The lowest BCUT2D eigenvalue weighted by atomic mass is 9.96. The molecule has 0 spiro atoms. The number of anilines is 2. The second-order valence-corrected chi connectivity index (χ2v) is 7.80. The number of carbonyl (C=O) groups is 1. The van der Waals surface area contributed by atoms with Crippen molar-refractivity contribution in [1.29, 1.82) is 5.26 Å². The standard InChI is InChI=1S/C20H21N3OS/c21-13-16-15-6-2-4-8-18(15)25-20(16)22-19(24)10-12-23-11-9-14-5-1-3-7-17(14)23/h1,3,5,7H,2,4,6,8-12H2,(H,22,24). The van der Waals surface area contributed by atoms with Gasteiger partial charge in [0, 0.05) is 30.1 Å². The summed E-state index contributed by atoms with van der Waals surface area (Å²) in [6.07, 6.45) is 5.82. The molecule has 1 N–H and O–H groups in total. The van der Waals surface area contributed by atoms with Crippen LogP contribution in [-0.2, 0) is 24.1 Å². The van der Waals surface area contributed by atoms with Crippen molar-refractivity contribution in [3.05, 3.63) is 45.8 Å². The minimum absolute atomic E-state index is 0.000483. The van der Waals surface area contributed by atoms with Gasteiger partial charge in [-0.25, -0.2) is 0 Å². The number of hydrogen-bond acceptors (Lipinski definition) is 4. The van der Waals surface area contributed by atoms with E-state index in [2.05, 4.69) is 34.5 Å². The predicted molar refractivity (Wildman–Crippen MR) is 101 cm³/mol. The summed E-state index contributed by atoms with van der Waals surface area (Å²) in [4.78, 5) is 16.0. The van der Waals surface area contributed by atoms with E-state index in [-0.39, 0.29) is 5.91 Å². The van der Waals surface area contributed by atoms with Gasteiger partial charge in [0.2, 0.25) is 5.91 Å². The first-order valence-corrected chi connectivity index (χ1v) is 9.75. The zero-order valence-corrected chi connectivity index (χ0v) is 15.0. The van der Waals surface area contributed by atoms with E-state index in [1.165, 1.54) is 28.1 Å². The zero-order chi connectivity index (χ0) is 17.2. The van der Waals surface area contributed by atoms with E-state index in [0.717, 1.165) is 43.8 Å². The minimum atomic E-state index is -0.000483. The maximum absolute atomic E-state index is 12.4. The van der Waals surface area contributed by atoms with Gasteiger partial charge in [0.25, 0.3) is 0 Å². The average molecular weight is 351 g/mol. The first-order valence-electron chi connectivity index (χ1n) is 8.93.